The second kappa shape index (κ2) is 5.70. The molecule has 0 bridgehead atoms. The normalized spacial score (nSPS) is 10.9. The number of aryl methyl sites for hydroxylation is 3. The second-order valence-electron chi connectivity index (χ2n) is 4.93. The average Bonchev–Trinajstić information content (AvgIpc) is 2.38. The Labute approximate surface area is 118 Å². The van der Waals surface area contributed by atoms with E-state index in [1.54, 1.807) is 30.5 Å². The van der Waals surface area contributed by atoms with E-state index in [0.717, 1.165) is 22.4 Å². The Bertz CT molecular complexity index is 647. The molecule has 0 saturated heterocycles. The van der Waals surface area contributed by atoms with Crippen molar-refractivity contribution >= 4 is 17.9 Å². The van der Waals surface area contributed by atoms with Gasteiger partial charge in [-0.3, -0.25) is 4.99 Å². The first kappa shape index (κ1) is 14.0. The number of aliphatic imine (C=N–C) groups is 1. The van der Waals surface area contributed by atoms with Gasteiger partial charge in [0.1, 0.15) is 0 Å². The number of benzene rings is 2. The lowest BCUT2D eigenvalue weighted by Gasteiger charge is -2.06. The van der Waals surface area contributed by atoms with Crippen LogP contribution in [-0.4, -0.2) is 17.3 Å². The lowest BCUT2D eigenvalue weighted by atomic mass is 10.1. The summed E-state index contributed by atoms with van der Waals surface area (Å²) in [6.07, 6.45) is 1.76. The summed E-state index contributed by atoms with van der Waals surface area (Å²) in [5.74, 6) is -0.918. The van der Waals surface area contributed by atoms with Crippen LogP contribution in [0.4, 0.5) is 5.69 Å². The molecule has 0 spiro atoms. The number of aromatic carboxylic acids is 1. The molecule has 0 heterocycles. The van der Waals surface area contributed by atoms with E-state index in [1.165, 1.54) is 5.56 Å². The Kier molecular flexibility index (Phi) is 3.99. The fourth-order valence-electron chi connectivity index (χ4n) is 2.23. The Morgan fingerprint density at radius 2 is 1.60 bits per heavy atom. The minimum Gasteiger partial charge on any atom is -0.478 e. The molecule has 0 atom stereocenters. The average molecular weight is 267 g/mol. The molecule has 0 aromatic heterocycles. The van der Waals surface area contributed by atoms with Gasteiger partial charge in [0.25, 0.3) is 0 Å². The number of nitrogens with zero attached hydrogens (tertiary/aromatic N) is 1. The molecule has 0 aliphatic carbocycles. The molecular formula is C17H17NO2. The van der Waals surface area contributed by atoms with Crippen LogP contribution in [-0.2, 0) is 0 Å². The highest BCUT2D eigenvalue weighted by atomic mass is 16.4. The summed E-state index contributed by atoms with van der Waals surface area (Å²) < 4.78 is 0. The van der Waals surface area contributed by atoms with E-state index in [0.29, 0.717) is 0 Å². The van der Waals surface area contributed by atoms with Crippen molar-refractivity contribution in [3.05, 3.63) is 64.2 Å². The summed E-state index contributed by atoms with van der Waals surface area (Å²) in [5.41, 5.74) is 5.64. The highest BCUT2D eigenvalue weighted by Gasteiger charge is 2.03. The van der Waals surface area contributed by atoms with Crippen molar-refractivity contribution in [3.63, 3.8) is 0 Å². The van der Waals surface area contributed by atoms with E-state index < -0.39 is 5.97 Å². The van der Waals surface area contributed by atoms with Gasteiger partial charge in [0, 0.05) is 6.21 Å². The van der Waals surface area contributed by atoms with Gasteiger partial charge in [-0.2, -0.15) is 0 Å². The van der Waals surface area contributed by atoms with Gasteiger partial charge in [0.2, 0.25) is 0 Å². The molecule has 0 aliphatic heterocycles. The third kappa shape index (κ3) is 3.12. The number of carboxylic acids is 1. The first-order valence-corrected chi connectivity index (χ1v) is 6.42. The molecule has 2 rings (SSSR count). The molecule has 0 radical (unpaired) electrons. The third-order valence-corrected chi connectivity index (χ3v) is 3.14. The van der Waals surface area contributed by atoms with Crippen molar-refractivity contribution in [1.82, 2.24) is 0 Å². The second-order valence-corrected chi connectivity index (χ2v) is 4.93. The number of rotatable bonds is 3. The van der Waals surface area contributed by atoms with E-state index in [1.807, 2.05) is 13.8 Å². The Morgan fingerprint density at radius 1 is 1.05 bits per heavy atom. The lowest BCUT2D eigenvalue weighted by molar-refractivity contribution is 0.0697. The Balaban J connectivity index is 2.27. The first-order valence-electron chi connectivity index (χ1n) is 6.42. The molecule has 102 valence electrons. The summed E-state index contributed by atoms with van der Waals surface area (Å²) in [7, 11) is 0. The zero-order valence-electron chi connectivity index (χ0n) is 11.8. The van der Waals surface area contributed by atoms with E-state index in [4.69, 9.17) is 5.11 Å². The maximum atomic E-state index is 10.8. The van der Waals surface area contributed by atoms with Crippen molar-refractivity contribution in [3.8, 4) is 0 Å². The van der Waals surface area contributed by atoms with E-state index in [2.05, 4.69) is 24.0 Å². The van der Waals surface area contributed by atoms with Crippen LogP contribution in [0.1, 0.15) is 32.6 Å². The van der Waals surface area contributed by atoms with Crippen LogP contribution < -0.4 is 0 Å². The van der Waals surface area contributed by atoms with Crippen LogP contribution in [0, 0.1) is 20.8 Å². The maximum absolute atomic E-state index is 10.8. The van der Waals surface area contributed by atoms with Crippen LogP contribution in [0.5, 0.6) is 0 Å². The van der Waals surface area contributed by atoms with Gasteiger partial charge in [0.15, 0.2) is 0 Å². The topological polar surface area (TPSA) is 49.7 Å². The van der Waals surface area contributed by atoms with Crippen molar-refractivity contribution in [1.29, 1.82) is 0 Å². The van der Waals surface area contributed by atoms with Crippen LogP contribution in [0.3, 0.4) is 0 Å². The largest absolute Gasteiger partial charge is 0.478 e. The minimum atomic E-state index is -0.918. The van der Waals surface area contributed by atoms with Gasteiger partial charge in [-0.1, -0.05) is 29.8 Å². The third-order valence-electron chi connectivity index (χ3n) is 3.14. The van der Waals surface area contributed by atoms with Crippen molar-refractivity contribution < 1.29 is 9.90 Å². The Hall–Kier alpha value is -2.42. The number of carbonyl (C=O) groups is 1. The van der Waals surface area contributed by atoms with E-state index in [-0.39, 0.29) is 5.56 Å². The van der Waals surface area contributed by atoms with Crippen LogP contribution in [0.25, 0.3) is 0 Å². The summed E-state index contributed by atoms with van der Waals surface area (Å²) >= 11 is 0. The van der Waals surface area contributed by atoms with Gasteiger partial charge in [-0.05, 0) is 49.6 Å². The maximum Gasteiger partial charge on any atom is 0.335 e. The van der Waals surface area contributed by atoms with Crippen molar-refractivity contribution in [2.45, 2.75) is 20.8 Å². The van der Waals surface area contributed by atoms with Crippen LogP contribution in [0.15, 0.2) is 41.4 Å². The fraction of sp³-hybridized carbons (Fsp3) is 0.176. The minimum absolute atomic E-state index is 0.282. The molecule has 2 aromatic carbocycles. The van der Waals surface area contributed by atoms with Gasteiger partial charge >= 0.3 is 5.97 Å². The molecule has 0 amide bonds. The zero-order valence-corrected chi connectivity index (χ0v) is 11.8. The molecule has 0 aliphatic rings. The fourth-order valence-corrected chi connectivity index (χ4v) is 2.23. The molecule has 0 saturated carbocycles. The molecule has 2 aromatic rings. The highest BCUT2D eigenvalue weighted by Crippen LogP contribution is 2.24. The summed E-state index contributed by atoms with van der Waals surface area (Å²) in [6, 6.07) is 10.9. The van der Waals surface area contributed by atoms with Crippen molar-refractivity contribution in [2.24, 2.45) is 4.99 Å². The SMILES string of the molecule is Cc1cc(C)c(N=Cc2ccc(C(=O)O)cc2)c(C)c1. The van der Waals surface area contributed by atoms with E-state index >= 15 is 0 Å². The van der Waals surface area contributed by atoms with Gasteiger partial charge in [-0.25, -0.2) is 4.79 Å². The quantitative estimate of drug-likeness (QED) is 0.852. The number of carboxylic acid groups (broad SMARTS) is 1. The lowest BCUT2D eigenvalue weighted by Crippen LogP contribution is -1.95. The molecular weight excluding hydrogens is 250 g/mol. The number of hydrogen-bond acceptors (Lipinski definition) is 2. The zero-order chi connectivity index (χ0) is 14.7. The van der Waals surface area contributed by atoms with Crippen molar-refractivity contribution in [2.75, 3.05) is 0 Å². The van der Waals surface area contributed by atoms with Crippen LogP contribution in [0.2, 0.25) is 0 Å². The standard InChI is InChI=1S/C17H17NO2/c1-11-8-12(2)16(13(3)9-11)18-10-14-4-6-15(7-5-14)17(19)20/h4-10H,1-3H3,(H,19,20). The molecule has 3 nitrogen and oxygen atoms in total. The smallest absolute Gasteiger partial charge is 0.335 e. The molecule has 3 heteroatoms. The predicted molar refractivity (Wildman–Crippen MR) is 81.3 cm³/mol. The van der Waals surface area contributed by atoms with Gasteiger partial charge in [0.05, 0.1) is 11.3 Å². The summed E-state index contributed by atoms with van der Waals surface area (Å²) in [4.78, 5) is 15.3. The molecule has 1 N–H and O–H groups in total. The predicted octanol–water partition coefficient (Wildman–Crippen LogP) is 4.06. The van der Waals surface area contributed by atoms with Gasteiger partial charge in [-0.15, -0.1) is 0 Å². The summed E-state index contributed by atoms with van der Waals surface area (Å²) in [6.45, 7) is 6.15. The molecule has 0 unspecified atom stereocenters. The molecule has 20 heavy (non-hydrogen) atoms. The van der Waals surface area contributed by atoms with Crippen LogP contribution >= 0.6 is 0 Å². The number of hydrogen-bond donors (Lipinski definition) is 1. The van der Waals surface area contributed by atoms with Gasteiger partial charge < -0.3 is 5.11 Å². The monoisotopic (exact) mass is 267 g/mol. The molecule has 0 fully saturated rings. The first-order chi connectivity index (χ1) is 9.47. The highest BCUT2D eigenvalue weighted by molar-refractivity contribution is 5.89. The van der Waals surface area contributed by atoms with E-state index in [9.17, 15) is 4.79 Å². The Morgan fingerprint density at radius 3 is 2.10 bits per heavy atom. The summed E-state index contributed by atoms with van der Waals surface area (Å²) in [5, 5.41) is 8.85.